The van der Waals surface area contributed by atoms with Crippen LogP contribution >= 0.6 is 0 Å². The van der Waals surface area contributed by atoms with Crippen LogP contribution in [0.5, 0.6) is 0 Å². The summed E-state index contributed by atoms with van der Waals surface area (Å²) < 4.78 is 26.2. The third kappa shape index (κ3) is 2.82. The Morgan fingerprint density at radius 1 is 1.26 bits per heavy atom. The van der Waals surface area contributed by atoms with E-state index in [9.17, 15) is 13.2 Å². The van der Waals surface area contributed by atoms with Gasteiger partial charge >= 0.3 is 0 Å². The SMILES string of the molecule is [B]c1ccccc1S(=O)(=O)N1CCC(C(N)=O)CC1. The van der Waals surface area contributed by atoms with Gasteiger partial charge in [0.2, 0.25) is 15.9 Å². The van der Waals surface area contributed by atoms with Gasteiger partial charge in [-0.3, -0.25) is 4.79 Å². The maximum Gasteiger partial charge on any atom is 0.242 e. The van der Waals surface area contributed by atoms with Gasteiger partial charge in [-0.05, 0) is 18.9 Å². The van der Waals surface area contributed by atoms with E-state index in [1.165, 1.54) is 10.4 Å². The molecule has 1 aliphatic rings. The molecule has 0 aromatic heterocycles. The number of sulfonamides is 1. The second-order valence-corrected chi connectivity index (χ2v) is 6.52. The van der Waals surface area contributed by atoms with Gasteiger partial charge in [0.1, 0.15) is 7.85 Å². The Kier molecular flexibility index (Phi) is 3.96. The second-order valence-electron chi connectivity index (χ2n) is 4.62. The van der Waals surface area contributed by atoms with E-state index in [1.807, 2.05) is 0 Å². The van der Waals surface area contributed by atoms with Crippen molar-refractivity contribution in [2.75, 3.05) is 13.1 Å². The highest BCUT2D eigenvalue weighted by atomic mass is 32.2. The first-order chi connectivity index (χ1) is 8.93. The molecule has 0 saturated carbocycles. The molecule has 2 radical (unpaired) electrons. The highest BCUT2D eigenvalue weighted by Gasteiger charge is 2.31. The van der Waals surface area contributed by atoms with Gasteiger partial charge in [0.25, 0.3) is 0 Å². The summed E-state index contributed by atoms with van der Waals surface area (Å²) in [5, 5.41) is 0. The minimum atomic E-state index is -3.59. The van der Waals surface area contributed by atoms with Crippen molar-refractivity contribution in [3.05, 3.63) is 24.3 Å². The van der Waals surface area contributed by atoms with Crippen LogP contribution in [0.3, 0.4) is 0 Å². The molecule has 0 bridgehead atoms. The minimum absolute atomic E-state index is 0.118. The normalized spacial score (nSPS) is 18.3. The van der Waals surface area contributed by atoms with Gasteiger partial charge in [-0.15, -0.1) is 0 Å². The molecule has 5 nitrogen and oxygen atoms in total. The quantitative estimate of drug-likeness (QED) is 0.747. The van der Waals surface area contributed by atoms with E-state index in [-0.39, 0.29) is 22.2 Å². The van der Waals surface area contributed by atoms with E-state index in [4.69, 9.17) is 13.6 Å². The zero-order valence-electron chi connectivity index (χ0n) is 10.5. The lowest BCUT2D eigenvalue weighted by Gasteiger charge is -2.30. The molecule has 1 aliphatic heterocycles. The largest absolute Gasteiger partial charge is 0.369 e. The Balaban J connectivity index is 2.19. The average Bonchev–Trinajstić information content (AvgIpc) is 2.39. The van der Waals surface area contributed by atoms with Crippen LogP contribution in [0.2, 0.25) is 0 Å². The van der Waals surface area contributed by atoms with Crippen LogP contribution in [0.1, 0.15) is 12.8 Å². The van der Waals surface area contributed by atoms with Crippen LogP contribution in [0.15, 0.2) is 29.2 Å². The zero-order chi connectivity index (χ0) is 14.0. The maximum atomic E-state index is 12.4. The molecule has 1 aromatic carbocycles. The lowest BCUT2D eigenvalue weighted by atomic mass is 9.97. The Morgan fingerprint density at radius 2 is 1.84 bits per heavy atom. The third-order valence-corrected chi connectivity index (χ3v) is 5.37. The van der Waals surface area contributed by atoms with Crippen molar-refractivity contribution in [3.63, 3.8) is 0 Å². The van der Waals surface area contributed by atoms with Gasteiger partial charge in [-0.2, -0.15) is 4.31 Å². The monoisotopic (exact) mass is 278 g/mol. The molecule has 2 N–H and O–H groups in total. The molecule has 1 saturated heterocycles. The first kappa shape index (κ1) is 14.1. The van der Waals surface area contributed by atoms with Crippen molar-refractivity contribution in [3.8, 4) is 0 Å². The first-order valence-electron chi connectivity index (χ1n) is 6.07. The Bertz CT molecular complexity index is 580. The van der Waals surface area contributed by atoms with Gasteiger partial charge < -0.3 is 5.73 Å². The van der Waals surface area contributed by atoms with E-state index in [0.29, 0.717) is 25.9 Å². The van der Waals surface area contributed by atoms with Crippen LogP contribution in [-0.4, -0.2) is 39.6 Å². The van der Waals surface area contributed by atoms with Gasteiger partial charge in [0, 0.05) is 19.0 Å². The first-order valence-corrected chi connectivity index (χ1v) is 7.51. The Hall–Kier alpha value is -1.34. The second kappa shape index (κ2) is 5.34. The molecule has 100 valence electrons. The van der Waals surface area contributed by atoms with Crippen molar-refractivity contribution in [2.24, 2.45) is 11.7 Å². The molecular formula is C12H15BN2O3S. The molecule has 1 heterocycles. The number of rotatable bonds is 3. The summed E-state index contributed by atoms with van der Waals surface area (Å²) in [5.74, 6) is -0.601. The Labute approximate surface area is 114 Å². The lowest BCUT2D eigenvalue weighted by molar-refractivity contribution is -0.122. The van der Waals surface area contributed by atoms with Crippen molar-refractivity contribution >= 4 is 29.2 Å². The fraction of sp³-hybridized carbons (Fsp3) is 0.417. The number of hydrogen-bond acceptors (Lipinski definition) is 3. The average molecular weight is 278 g/mol. The molecular weight excluding hydrogens is 263 g/mol. The number of amides is 1. The molecule has 7 heteroatoms. The number of carbonyl (C=O) groups excluding carboxylic acids is 1. The molecule has 0 spiro atoms. The summed E-state index contributed by atoms with van der Waals surface area (Å²) in [7, 11) is 2.12. The lowest BCUT2D eigenvalue weighted by Crippen LogP contribution is -2.42. The van der Waals surface area contributed by atoms with Crippen LogP contribution < -0.4 is 11.2 Å². The molecule has 1 aromatic rings. The van der Waals surface area contributed by atoms with Crippen LogP contribution in [0.25, 0.3) is 0 Å². The van der Waals surface area contributed by atoms with Gasteiger partial charge in [0.05, 0.1) is 4.90 Å². The van der Waals surface area contributed by atoms with Crippen molar-refractivity contribution < 1.29 is 13.2 Å². The fourth-order valence-electron chi connectivity index (χ4n) is 2.24. The van der Waals surface area contributed by atoms with E-state index in [0.717, 1.165) is 0 Å². The van der Waals surface area contributed by atoms with Crippen molar-refractivity contribution in [1.29, 1.82) is 0 Å². The number of primary amides is 1. The third-order valence-electron chi connectivity index (χ3n) is 3.39. The molecule has 1 fully saturated rings. The van der Waals surface area contributed by atoms with Crippen LogP contribution in [0.4, 0.5) is 0 Å². The number of carbonyl (C=O) groups is 1. The number of benzene rings is 1. The zero-order valence-corrected chi connectivity index (χ0v) is 11.3. The van der Waals surface area contributed by atoms with Crippen LogP contribution in [-0.2, 0) is 14.8 Å². The summed E-state index contributed by atoms with van der Waals surface area (Å²) in [5.41, 5.74) is 5.47. The number of nitrogens with two attached hydrogens (primary N) is 1. The number of nitrogens with zero attached hydrogens (tertiary/aromatic N) is 1. The molecule has 0 aliphatic carbocycles. The van der Waals surface area contributed by atoms with Gasteiger partial charge in [-0.25, -0.2) is 8.42 Å². The van der Waals surface area contributed by atoms with E-state index in [1.54, 1.807) is 18.2 Å². The van der Waals surface area contributed by atoms with Gasteiger partial charge in [-0.1, -0.05) is 23.7 Å². The molecule has 19 heavy (non-hydrogen) atoms. The minimum Gasteiger partial charge on any atom is -0.369 e. The van der Waals surface area contributed by atoms with Crippen LogP contribution in [0, 0.1) is 5.92 Å². The highest BCUT2D eigenvalue weighted by molar-refractivity contribution is 7.89. The molecule has 0 atom stereocenters. The van der Waals surface area contributed by atoms with E-state index < -0.39 is 10.0 Å². The van der Waals surface area contributed by atoms with Gasteiger partial charge in [0.15, 0.2) is 0 Å². The topological polar surface area (TPSA) is 80.5 Å². The molecule has 1 amide bonds. The highest BCUT2D eigenvalue weighted by Crippen LogP contribution is 2.22. The molecule has 2 rings (SSSR count). The standard InChI is InChI=1S/C12H15BN2O3S/c13-10-3-1-2-4-11(10)19(17,18)15-7-5-9(6-8-15)12(14)16/h1-4,9H,5-8H2,(H2,14,16). The molecule has 0 unspecified atom stereocenters. The fourth-order valence-corrected chi connectivity index (χ4v) is 3.82. The number of piperidine rings is 1. The van der Waals surface area contributed by atoms with E-state index >= 15 is 0 Å². The van der Waals surface area contributed by atoms with E-state index in [2.05, 4.69) is 0 Å². The predicted molar refractivity (Wildman–Crippen MR) is 72.5 cm³/mol. The summed E-state index contributed by atoms with van der Waals surface area (Å²) in [6.45, 7) is 0.592. The summed E-state index contributed by atoms with van der Waals surface area (Å²) in [6.07, 6.45) is 0.919. The predicted octanol–water partition coefficient (Wildman–Crippen LogP) is -0.634. The Morgan fingerprint density at radius 3 is 2.37 bits per heavy atom. The smallest absolute Gasteiger partial charge is 0.242 e. The summed E-state index contributed by atoms with van der Waals surface area (Å²) >= 11 is 0. The van der Waals surface area contributed by atoms with Crippen molar-refractivity contribution in [2.45, 2.75) is 17.7 Å². The summed E-state index contributed by atoms with van der Waals surface area (Å²) in [4.78, 5) is 11.2. The number of hydrogen-bond donors (Lipinski definition) is 1. The summed E-state index contributed by atoms with van der Waals surface area (Å²) in [6, 6.07) is 6.38. The van der Waals surface area contributed by atoms with Crippen molar-refractivity contribution in [1.82, 2.24) is 4.31 Å². The maximum absolute atomic E-state index is 12.4.